The van der Waals surface area contributed by atoms with Gasteiger partial charge in [-0.1, -0.05) is 33.5 Å². The maximum atomic E-state index is 12.3. The molecule has 2 nitrogen and oxygen atoms in total. The molecule has 2 aliphatic rings. The van der Waals surface area contributed by atoms with E-state index in [0.29, 0.717) is 6.42 Å². The van der Waals surface area contributed by atoms with E-state index in [-0.39, 0.29) is 22.9 Å². The van der Waals surface area contributed by atoms with Crippen molar-refractivity contribution in [3.8, 4) is 0 Å². The quantitative estimate of drug-likeness (QED) is 0.656. The molecule has 3 heteroatoms. The molecule has 0 spiro atoms. The second-order valence-electron chi connectivity index (χ2n) is 6.78. The summed E-state index contributed by atoms with van der Waals surface area (Å²) in [5.74, 6) is 0.723. The minimum Gasteiger partial charge on any atom is -0.295 e. The zero-order chi connectivity index (χ0) is 12.3. The number of hydrogen-bond acceptors (Lipinski definition) is 2. The highest BCUT2D eigenvalue weighted by Crippen LogP contribution is 2.49. The van der Waals surface area contributed by atoms with E-state index in [1.165, 1.54) is 0 Å². The van der Waals surface area contributed by atoms with Crippen LogP contribution >= 0.6 is 0 Å². The third-order valence-corrected chi connectivity index (χ3v) is 5.80. The lowest BCUT2D eigenvalue weighted by atomic mass is 9.88. The van der Waals surface area contributed by atoms with Crippen LogP contribution in [0.4, 0.5) is 0 Å². The van der Waals surface area contributed by atoms with Gasteiger partial charge >= 0.3 is 0 Å². The number of ketones is 2. The van der Waals surface area contributed by atoms with Crippen LogP contribution in [-0.2, 0) is 9.59 Å². The first-order chi connectivity index (χ1) is 7.14. The predicted molar refractivity (Wildman–Crippen MR) is 66.9 cm³/mol. The Kier molecular flexibility index (Phi) is 2.32. The molecule has 0 amide bonds. The van der Waals surface area contributed by atoms with Crippen LogP contribution in [0.2, 0.25) is 19.6 Å². The summed E-state index contributed by atoms with van der Waals surface area (Å²) in [4.78, 5) is 24.3. The van der Waals surface area contributed by atoms with Crippen LogP contribution in [0.3, 0.4) is 0 Å². The average molecular weight is 236 g/mol. The average Bonchev–Trinajstić information content (AvgIpc) is 2.46. The molecular weight excluding hydrogens is 216 g/mol. The molecule has 0 bridgehead atoms. The highest BCUT2D eigenvalue weighted by atomic mass is 28.3. The molecule has 0 saturated heterocycles. The Hall–Kier alpha value is -0.703. The fourth-order valence-electron chi connectivity index (χ4n) is 3.15. The smallest absolute Gasteiger partial charge is 0.164 e. The molecule has 1 fully saturated rings. The van der Waals surface area contributed by atoms with Crippen molar-refractivity contribution in [2.24, 2.45) is 11.3 Å². The third kappa shape index (κ3) is 1.53. The monoisotopic (exact) mass is 236 g/mol. The number of carbonyl (C=O) groups is 2. The number of rotatable bonds is 1. The lowest BCUT2D eigenvalue weighted by Crippen LogP contribution is -2.30. The van der Waals surface area contributed by atoms with Crippen molar-refractivity contribution in [1.29, 1.82) is 0 Å². The third-order valence-electron chi connectivity index (χ3n) is 3.75. The van der Waals surface area contributed by atoms with Crippen LogP contribution in [0.25, 0.3) is 0 Å². The fraction of sp³-hybridized carbons (Fsp3) is 0.692. The zero-order valence-corrected chi connectivity index (χ0v) is 11.8. The standard InChI is InChI=1S/C13H20O2Si/c1-13(2)7-8-6-9(14)11(16(3,4)5)10(8)12(13)15/h8H,6-7H2,1-5H3. The van der Waals surface area contributed by atoms with Crippen molar-refractivity contribution in [3.63, 3.8) is 0 Å². The van der Waals surface area contributed by atoms with Gasteiger partial charge in [0.05, 0.1) is 8.07 Å². The molecule has 0 aromatic heterocycles. The van der Waals surface area contributed by atoms with Gasteiger partial charge in [0.2, 0.25) is 0 Å². The Morgan fingerprint density at radius 3 is 2.25 bits per heavy atom. The Morgan fingerprint density at radius 2 is 1.75 bits per heavy atom. The fourth-order valence-corrected chi connectivity index (χ4v) is 5.22. The van der Waals surface area contributed by atoms with Crippen LogP contribution in [0, 0.1) is 11.3 Å². The summed E-state index contributed by atoms with van der Waals surface area (Å²) in [6.45, 7) is 10.5. The van der Waals surface area contributed by atoms with Crippen LogP contribution < -0.4 is 0 Å². The van der Waals surface area contributed by atoms with Gasteiger partial charge in [0.15, 0.2) is 11.6 Å². The van der Waals surface area contributed by atoms with Gasteiger partial charge in [-0.2, -0.15) is 0 Å². The second-order valence-corrected chi connectivity index (χ2v) is 11.8. The zero-order valence-electron chi connectivity index (χ0n) is 10.8. The van der Waals surface area contributed by atoms with E-state index in [1.54, 1.807) is 0 Å². The van der Waals surface area contributed by atoms with E-state index >= 15 is 0 Å². The highest BCUT2D eigenvalue weighted by molar-refractivity contribution is 6.88. The van der Waals surface area contributed by atoms with Crippen LogP contribution in [0.15, 0.2) is 10.8 Å². The molecule has 16 heavy (non-hydrogen) atoms. The number of carbonyl (C=O) groups excluding carboxylic acids is 2. The minimum absolute atomic E-state index is 0.233. The van der Waals surface area contributed by atoms with Gasteiger partial charge in [0.1, 0.15) is 0 Å². The summed E-state index contributed by atoms with van der Waals surface area (Å²) in [5, 5.41) is 0.938. The molecule has 2 aliphatic carbocycles. The van der Waals surface area contributed by atoms with E-state index in [0.717, 1.165) is 17.2 Å². The SMILES string of the molecule is CC1(C)CC2CC(=O)C([Si](C)(C)C)=C2C1=O. The van der Waals surface area contributed by atoms with Crippen LogP contribution in [-0.4, -0.2) is 19.6 Å². The minimum atomic E-state index is -1.67. The second kappa shape index (κ2) is 3.16. The summed E-state index contributed by atoms with van der Waals surface area (Å²) < 4.78 is 0. The summed E-state index contributed by atoms with van der Waals surface area (Å²) in [7, 11) is -1.67. The summed E-state index contributed by atoms with van der Waals surface area (Å²) in [6.07, 6.45) is 1.45. The Balaban J connectivity index is 2.57. The van der Waals surface area contributed by atoms with Crippen LogP contribution in [0.5, 0.6) is 0 Å². The Morgan fingerprint density at radius 1 is 1.19 bits per heavy atom. The topological polar surface area (TPSA) is 34.1 Å². The van der Waals surface area contributed by atoms with E-state index in [4.69, 9.17) is 0 Å². The molecule has 0 aliphatic heterocycles. The van der Waals surface area contributed by atoms with E-state index in [9.17, 15) is 9.59 Å². The number of Topliss-reactive ketones (excluding diaryl/α,β-unsaturated/α-hetero) is 2. The maximum Gasteiger partial charge on any atom is 0.164 e. The summed E-state index contributed by atoms with van der Waals surface area (Å²) in [5.41, 5.74) is 0.667. The first-order valence-corrected chi connectivity index (χ1v) is 9.47. The van der Waals surface area contributed by atoms with Crippen molar-refractivity contribution in [3.05, 3.63) is 10.8 Å². The molecule has 1 atom stereocenters. The molecule has 0 N–H and O–H groups in total. The summed E-state index contributed by atoms with van der Waals surface area (Å²) in [6, 6.07) is 0. The van der Waals surface area contributed by atoms with E-state index in [2.05, 4.69) is 19.6 Å². The van der Waals surface area contributed by atoms with Gasteiger partial charge in [-0.05, 0) is 17.5 Å². The normalized spacial score (nSPS) is 28.9. The van der Waals surface area contributed by atoms with Gasteiger partial charge in [-0.15, -0.1) is 0 Å². The van der Waals surface area contributed by atoms with Crippen molar-refractivity contribution >= 4 is 19.6 Å². The van der Waals surface area contributed by atoms with Gasteiger partial charge in [0, 0.05) is 17.4 Å². The van der Waals surface area contributed by atoms with Gasteiger partial charge in [-0.25, -0.2) is 0 Å². The molecule has 2 rings (SSSR count). The number of fused-ring (bicyclic) bond motifs is 1. The molecule has 1 saturated carbocycles. The molecule has 0 aromatic rings. The van der Waals surface area contributed by atoms with Crippen molar-refractivity contribution in [2.45, 2.75) is 46.3 Å². The molecule has 88 valence electrons. The Bertz CT molecular complexity index is 410. The van der Waals surface area contributed by atoms with Crippen LogP contribution in [0.1, 0.15) is 26.7 Å². The lowest BCUT2D eigenvalue weighted by molar-refractivity contribution is -0.122. The van der Waals surface area contributed by atoms with Crippen molar-refractivity contribution < 1.29 is 9.59 Å². The van der Waals surface area contributed by atoms with E-state index < -0.39 is 8.07 Å². The molecule has 0 heterocycles. The number of allylic oxidation sites excluding steroid dienone is 2. The predicted octanol–water partition coefficient (Wildman–Crippen LogP) is 2.75. The lowest BCUT2D eigenvalue weighted by Gasteiger charge is -2.20. The van der Waals surface area contributed by atoms with Gasteiger partial charge < -0.3 is 0 Å². The van der Waals surface area contributed by atoms with Crippen molar-refractivity contribution in [2.75, 3.05) is 0 Å². The molecule has 1 unspecified atom stereocenters. The highest BCUT2D eigenvalue weighted by Gasteiger charge is 2.51. The first kappa shape index (κ1) is 11.8. The number of hydrogen-bond donors (Lipinski definition) is 0. The molecular formula is C13H20O2Si. The molecule has 0 aromatic carbocycles. The van der Waals surface area contributed by atoms with Gasteiger partial charge in [0.25, 0.3) is 0 Å². The van der Waals surface area contributed by atoms with Crippen molar-refractivity contribution in [1.82, 2.24) is 0 Å². The van der Waals surface area contributed by atoms with E-state index in [1.807, 2.05) is 13.8 Å². The van der Waals surface area contributed by atoms with Gasteiger partial charge in [-0.3, -0.25) is 9.59 Å². The largest absolute Gasteiger partial charge is 0.295 e. The molecule has 0 radical (unpaired) electrons. The maximum absolute atomic E-state index is 12.3. The Labute approximate surface area is 98.1 Å². The summed E-state index contributed by atoms with van der Waals surface area (Å²) >= 11 is 0. The first-order valence-electron chi connectivity index (χ1n) is 5.97.